The minimum absolute atomic E-state index is 0.286. The van der Waals surface area contributed by atoms with E-state index in [9.17, 15) is 0 Å². The quantitative estimate of drug-likeness (QED) is 0.763. The normalized spacial score (nSPS) is 21.3. The molecule has 0 bridgehead atoms. The second-order valence-electron chi connectivity index (χ2n) is 6.17. The van der Waals surface area contributed by atoms with Gasteiger partial charge in [-0.2, -0.15) is 0 Å². The summed E-state index contributed by atoms with van der Waals surface area (Å²) in [4.78, 5) is 4.27. The summed E-state index contributed by atoms with van der Waals surface area (Å²) in [5, 5.41) is 0. The van der Waals surface area contributed by atoms with Crippen molar-refractivity contribution in [2.24, 2.45) is 0 Å². The Balaban J connectivity index is 2.15. The lowest BCUT2D eigenvalue weighted by molar-refractivity contribution is 0.00578. The van der Waals surface area contributed by atoms with E-state index in [2.05, 4.69) is 45.7 Å². The molecular formula is C15H22BNO2. The van der Waals surface area contributed by atoms with E-state index < -0.39 is 0 Å². The summed E-state index contributed by atoms with van der Waals surface area (Å²) in [6.07, 6.45) is 3.94. The zero-order valence-corrected chi connectivity index (χ0v) is 12.7. The molecule has 3 nitrogen and oxygen atoms in total. The monoisotopic (exact) mass is 259 g/mol. The van der Waals surface area contributed by atoms with E-state index in [0.29, 0.717) is 0 Å². The second-order valence-corrected chi connectivity index (χ2v) is 6.17. The predicted octanol–water partition coefficient (Wildman–Crippen LogP) is 3.34. The van der Waals surface area contributed by atoms with E-state index in [0.717, 1.165) is 16.8 Å². The van der Waals surface area contributed by atoms with Crippen molar-refractivity contribution < 1.29 is 9.31 Å². The molecule has 2 rings (SSSR count). The van der Waals surface area contributed by atoms with Crippen LogP contribution in [0.4, 0.5) is 0 Å². The molecule has 1 aromatic rings. The largest absolute Gasteiger partial charge is 0.487 e. The molecular weight excluding hydrogens is 237 g/mol. The van der Waals surface area contributed by atoms with Crippen LogP contribution in [-0.2, 0) is 9.31 Å². The average molecular weight is 259 g/mol. The van der Waals surface area contributed by atoms with E-state index in [1.807, 2.05) is 25.2 Å². The fourth-order valence-corrected chi connectivity index (χ4v) is 1.98. The summed E-state index contributed by atoms with van der Waals surface area (Å²) in [6, 6.07) is 2.07. The lowest BCUT2D eigenvalue weighted by Gasteiger charge is -2.32. The standard InChI is InChI=1S/C15H22BNO2/c1-11-10-17-12(2)9-13(11)7-8-16-18-14(3,4)15(5,6)19-16/h7-10H,1-6H3/b8-7+. The number of aromatic nitrogens is 1. The first kappa shape index (κ1) is 14.3. The van der Waals surface area contributed by atoms with Gasteiger partial charge in [-0.25, -0.2) is 0 Å². The van der Waals surface area contributed by atoms with Gasteiger partial charge in [-0.1, -0.05) is 12.1 Å². The van der Waals surface area contributed by atoms with Gasteiger partial charge in [0.2, 0.25) is 0 Å². The van der Waals surface area contributed by atoms with Crippen molar-refractivity contribution in [1.82, 2.24) is 4.98 Å². The first-order valence-electron chi connectivity index (χ1n) is 6.68. The molecule has 0 amide bonds. The summed E-state index contributed by atoms with van der Waals surface area (Å²) in [6.45, 7) is 12.3. The number of aryl methyl sites for hydroxylation is 2. The topological polar surface area (TPSA) is 31.4 Å². The molecule has 1 aliphatic heterocycles. The van der Waals surface area contributed by atoms with Crippen LogP contribution in [0.5, 0.6) is 0 Å². The van der Waals surface area contributed by atoms with Crippen molar-refractivity contribution in [1.29, 1.82) is 0 Å². The van der Waals surface area contributed by atoms with Crippen LogP contribution in [0.2, 0.25) is 0 Å². The molecule has 4 heteroatoms. The Bertz CT molecular complexity index is 493. The van der Waals surface area contributed by atoms with Crippen molar-refractivity contribution in [3.63, 3.8) is 0 Å². The van der Waals surface area contributed by atoms with E-state index in [1.54, 1.807) is 0 Å². The summed E-state index contributed by atoms with van der Waals surface area (Å²) in [7, 11) is -0.294. The van der Waals surface area contributed by atoms with Gasteiger partial charge in [0.25, 0.3) is 0 Å². The van der Waals surface area contributed by atoms with Gasteiger partial charge in [0.05, 0.1) is 11.2 Å². The second kappa shape index (κ2) is 4.76. The van der Waals surface area contributed by atoms with Gasteiger partial charge in [0, 0.05) is 11.9 Å². The lowest BCUT2D eigenvalue weighted by atomic mass is 9.88. The highest BCUT2D eigenvalue weighted by molar-refractivity contribution is 6.52. The molecule has 2 heterocycles. The Kier molecular flexibility index (Phi) is 3.58. The van der Waals surface area contributed by atoms with Crippen LogP contribution < -0.4 is 0 Å². The van der Waals surface area contributed by atoms with Crippen molar-refractivity contribution in [2.75, 3.05) is 0 Å². The van der Waals surface area contributed by atoms with Gasteiger partial charge in [-0.15, -0.1) is 0 Å². The highest BCUT2D eigenvalue weighted by Crippen LogP contribution is 2.37. The molecule has 0 aromatic carbocycles. The van der Waals surface area contributed by atoms with E-state index in [1.165, 1.54) is 0 Å². The molecule has 0 unspecified atom stereocenters. The highest BCUT2D eigenvalue weighted by atomic mass is 16.7. The molecule has 1 aliphatic rings. The zero-order valence-electron chi connectivity index (χ0n) is 12.7. The first-order chi connectivity index (χ1) is 8.71. The molecule has 102 valence electrons. The van der Waals surface area contributed by atoms with Gasteiger partial charge >= 0.3 is 7.12 Å². The molecule has 0 spiro atoms. The summed E-state index contributed by atoms with van der Waals surface area (Å²) in [5.74, 6) is 1.97. The lowest BCUT2D eigenvalue weighted by Crippen LogP contribution is -2.41. The van der Waals surface area contributed by atoms with Gasteiger partial charge in [-0.05, 0) is 58.7 Å². The number of hydrogen-bond acceptors (Lipinski definition) is 3. The van der Waals surface area contributed by atoms with Gasteiger partial charge in [0.15, 0.2) is 0 Å². The Morgan fingerprint density at radius 2 is 1.68 bits per heavy atom. The van der Waals surface area contributed by atoms with Gasteiger partial charge in [-0.3, -0.25) is 4.98 Å². The Hall–Kier alpha value is -1.13. The van der Waals surface area contributed by atoms with E-state index in [-0.39, 0.29) is 18.3 Å². The van der Waals surface area contributed by atoms with Gasteiger partial charge in [0.1, 0.15) is 0 Å². The van der Waals surface area contributed by atoms with Crippen LogP contribution in [0, 0.1) is 13.8 Å². The minimum atomic E-state index is -0.294. The fraction of sp³-hybridized carbons (Fsp3) is 0.533. The maximum Gasteiger partial charge on any atom is 0.487 e. The Morgan fingerprint density at radius 3 is 2.26 bits per heavy atom. The SMILES string of the molecule is Cc1cc(/C=C/B2OC(C)(C)C(C)(C)O2)c(C)cn1. The van der Waals surface area contributed by atoms with Crippen LogP contribution in [0.25, 0.3) is 6.08 Å². The van der Waals surface area contributed by atoms with Crippen molar-refractivity contribution in [3.05, 3.63) is 35.1 Å². The number of nitrogens with zero attached hydrogens (tertiary/aromatic N) is 1. The van der Waals surface area contributed by atoms with E-state index >= 15 is 0 Å². The molecule has 0 saturated carbocycles. The number of rotatable bonds is 2. The maximum absolute atomic E-state index is 5.93. The van der Waals surface area contributed by atoms with Crippen molar-refractivity contribution in [2.45, 2.75) is 52.7 Å². The van der Waals surface area contributed by atoms with Crippen LogP contribution in [0.1, 0.15) is 44.5 Å². The Labute approximate surface area is 116 Å². The minimum Gasteiger partial charge on any atom is -0.400 e. The summed E-state index contributed by atoms with van der Waals surface area (Å²) >= 11 is 0. The smallest absolute Gasteiger partial charge is 0.400 e. The molecule has 19 heavy (non-hydrogen) atoms. The molecule has 1 aromatic heterocycles. The third kappa shape index (κ3) is 2.90. The van der Waals surface area contributed by atoms with Crippen molar-refractivity contribution >= 4 is 13.2 Å². The number of pyridine rings is 1. The Morgan fingerprint density at radius 1 is 1.11 bits per heavy atom. The summed E-state index contributed by atoms with van der Waals surface area (Å²) in [5.41, 5.74) is 2.75. The average Bonchev–Trinajstić information content (AvgIpc) is 2.49. The van der Waals surface area contributed by atoms with Crippen LogP contribution in [0.15, 0.2) is 18.2 Å². The number of hydrogen-bond donors (Lipinski definition) is 0. The maximum atomic E-state index is 5.93. The third-order valence-electron chi connectivity index (χ3n) is 3.99. The van der Waals surface area contributed by atoms with E-state index in [4.69, 9.17) is 9.31 Å². The zero-order chi connectivity index (χ0) is 14.3. The van der Waals surface area contributed by atoms with Crippen LogP contribution >= 0.6 is 0 Å². The van der Waals surface area contributed by atoms with Gasteiger partial charge < -0.3 is 9.31 Å². The molecule has 0 aliphatic carbocycles. The highest BCUT2D eigenvalue weighted by Gasteiger charge is 2.49. The molecule has 1 fully saturated rings. The first-order valence-corrected chi connectivity index (χ1v) is 6.68. The molecule has 1 saturated heterocycles. The summed E-state index contributed by atoms with van der Waals surface area (Å²) < 4.78 is 11.9. The fourth-order valence-electron chi connectivity index (χ4n) is 1.98. The third-order valence-corrected chi connectivity index (χ3v) is 3.99. The molecule has 0 radical (unpaired) electrons. The molecule has 0 atom stereocenters. The van der Waals surface area contributed by atoms with Crippen LogP contribution in [-0.4, -0.2) is 23.3 Å². The van der Waals surface area contributed by atoms with Crippen LogP contribution in [0.3, 0.4) is 0 Å². The van der Waals surface area contributed by atoms with Crippen molar-refractivity contribution in [3.8, 4) is 0 Å². The molecule has 0 N–H and O–H groups in total. The predicted molar refractivity (Wildman–Crippen MR) is 78.8 cm³/mol.